The summed E-state index contributed by atoms with van der Waals surface area (Å²) in [6.07, 6.45) is 9.74. The smallest absolute Gasteiger partial charge is 0.220 e. The van der Waals surface area contributed by atoms with Gasteiger partial charge in [-0.05, 0) is 38.5 Å². The Morgan fingerprint density at radius 1 is 1.22 bits per heavy atom. The lowest BCUT2D eigenvalue weighted by molar-refractivity contribution is -0.125. The number of unbranched alkanes of at least 4 members (excludes halogenated alkanes) is 4. The highest BCUT2D eigenvalue weighted by molar-refractivity contribution is 5.77. The maximum absolute atomic E-state index is 11.6. The van der Waals surface area contributed by atoms with Crippen molar-refractivity contribution in [3.8, 4) is 0 Å². The zero-order chi connectivity index (χ0) is 20.0. The van der Waals surface area contributed by atoms with Gasteiger partial charge in [-0.3, -0.25) is 10.2 Å². The molecule has 0 aliphatic carbocycles. The Hall–Kier alpha value is -1.34. The molecule has 0 atom stereocenters. The fraction of sp³-hybridized carbons (Fsp3) is 0.900. The SMILES string of the molecule is CCCCC1(CCCC)NC(=N)N(CCCCCC(=O)NCCOC)CO1. The Bertz CT molecular complexity index is 423. The predicted molar refractivity (Wildman–Crippen MR) is 109 cm³/mol. The molecule has 1 aliphatic rings. The molecule has 0 bridgehead atoms. The molecule has 1 aliphatic heterocycles. The molecule has 0 aromatic carbocycles. The summed E-state index contributed by atoms with van der Waals surface area (Å²) in [7, 11) is 1.63. The molecule has 1 amide bonds. The van der Waals surface area contributed by atoms with Crippen LogP contribution >= 0.6 is 0 Å². The minimum atomic E-state index is -0.361. The number of carbonyl (C=O) groups is 1. The number of ether oxygens (including phenoxy) is 2. The Morgan fingerprint density at radius 3 is 2.52 bits per heavy atom. The van der Waals surface area contributed by atoms with E-state index in [0.717, 1.165) is 64.3 Å². The quantitative estimate of drug-likeness (QED) is 0.378. The molecule has 0 spiro atoms. The van der Waals surface area contributed by atoms with Gasteiger partial charge in [-0.1, -0.05) is 33.1 Å². The molecule has 7 nitrogen and oxygen atoms in total. The zero-order valence-electron chi connectivity index (χ0n) is 17.6. The number of amides is 1. The number of nitrogens with one attached hydrogen (secondary N) is 3. The number of rotatable bonds is 15. The van der Waals surface area contributed by atoms with Crippen molar-refractivity contribution in [3.63, 3.8) is 0 Å². The van der Waals surface area contributed by atoms with Crippen LogP contribution in [0, 0.1) is 5.41 Å². The number of nitrogens with zero attached hydrogens (tertiary/aromatic N) is 1. The van der Waals surface area contributed by atoms with E-state index in [1.807, 2.05) is 4.90 Å². The molecule has 0 aromatic heterocycles. The molecular weight excluding hydrogens is 344 g/mol. The molecular formula is C20H40N4O3. The minimum Gasteiger partial charge on any atom is -0.383 e. The van der Waals surface area contributed by atoms with Gasteiger partial charge in [0.15, 0.2) is 5.96 Å². The van der Waals surface area contributed by atoms with Crippen molar-refractivity contribution >= 4 is 11.9 Å². The fourth-order valence-electron chi connectivity index (χ4n) is 3.24. The summed E-state index contributed by atoms with van der Waals surface area (Å²) in [4.78, 5) is 13.6. The molecule has 7 heteroatoms. The van der Waals surface area contributed by atoms with Crippen LogP contribution in [-0.4, -0.2) is 56.0 Å². The van der Waals surface area contributed by atoms with Crippen LogP contribution in [0.5, 0.6) is 0 Å². The predicted octanol–water partition coefficient (Wildman–Crippen LogP) is 3.20. The lowest BCUT2D eigenvalue weighted by atomic mass is 9.98. The van der Waals surface area contributed by atoms with Crippen molar-refractivity contribution in [1.29, 1.82) is 5.41 Å². The molecule has 27 heavy (non-hydrogen) atoms. The molecule has 0 aromatic rings. The molecule has 1 saturated heterocycles. The van der Waals surface area contributed by atoms with Gasteiger partial charge in [-0.15, -0.1) is 0 Å². The number of carbonyl (C=O) groups excluding carboxylic acids is 1. The molecule has 0 unspecified atom stereocenters. The highest BCUT2D eigenvalue weighted by Gasteiger charge is 2.36. The van der Waals surface area contributed by atoms with Crippen molar-refractivity contribution in [3.05, 3.63) is 0 Å². The lowest BCUT2D eigenvalue weighted by Crippen LogP contribution is -2.61. The second-order valence-corrected chi connectivity index (χ2v) is 7.37. The van der Waals surface area contributed by atoms with Gasteiger partial charge in [0.1, 0.15) is 12.5 Å². The third-order valence-corrected chi connectivity index (χ3v) is 4.99. The number of hydrogen-bond donors (Lipinski definition) is 3. The van der Waals surface area contributed by atoms with Crippen LogP contribution in [0.25, 0.3) is 0 Å². The summed E-state index contributed by atoms with van der Waals surface area (Å²) in [6, 6.07) is 0. The van der Waals surface area contributed by atoms with E-state index in [1.165, 1.54) is 0 Å². The first-order valence-corrected chi connectivity index (χ1v) is 10.6. The lowest BCUT2D eigenvalue weighted by Gasteiger charge is -2.44. The maximum Gasteiger partial charge on any atom is 0.220 e. The van der Waals surface area contributed by atoms with Gasteiger partial charge < -0.3 is 25.0 Å². The first kappa shape index (κ1) is 23.7. The Morgan fingerprint density at radius 2 is 1.93 bits per heavy atom. The van der Waals surface area contributed by atoms with E-state index >= 15 is 0 Å². The molecule has 0 radical (unpaired) electrons. The maximum atomic E-state index is 11.6. The van der Waals surface area contributed by atoms with Gasteiger partial charge in [0.2, 0.25) is 5.91 Å². The van der Waals surface area contributed by atoms with E-state index in [1.54, 1.807) is 7.11 Å². The van der Waals surface area contributed by atoms with Crippen LogP contribution in [0.3, 0.4) is 0 Å². The summed E-state index contributed by atoms with van der Waals surface area (Å²) in [5, 5.41) is 14.6. The third-order valence-electron chi connectivity index (χ3n) is 4.99. The third kappa shape index (κ3) is 9.42. The first-order chi connectivity index (χ1) is 13.1. The number of methoxy groups -OCH3 is 1. The van der Waals surface area contributed by atoms with Crippen LogP contribution in [0.4, 0.5) is 0 Å². The van der Waals surface area contributed by atoms with Crippen LogP contribution in [0.15, 0.2) is 0 Å². The van der Waals surface area contributed by atoms with Gasteiger partial charge >= 0.3 is 0 Å². The van der Waals surface area contributed by atoms with Crippen molar-refractivity contribution in [2.24, 2.45) is 0 Å². The summed E-state index contributed by atoms with van der Waals surface area (Å²) < 4.78 is 11.1. The average Bonchev–Trinajstić information content (AvgIpc) is 2.66. The van der Waals surface area contributed by atoms with Crippen molar-refractivity contribution in [1.82, 2.24) is 15.5 Å². The minimum absolute atomic E-state index is 0.0828. The Labute approximate surface area is 165 Å². The topological polar surface area (TPSA) is 86.7 Å². The largest absolute Gasteiger partial charge is 0.383 e. The number of guanidine groups is 1. The standard InChI is InChI=1S/C20H40N4O3/c1-4-6-12-20(13-7-5-2)23-19(21)24(17-27-20)15-10-8-9-11-18(25)22-14-16-26-3/h4-17H2,1-3H3,(H2,21,23)(H,22,25). The molecule has 3 N–H and O–H groups in total. The van der Waals surface area contributed by atoms with Gasteiger partial charge in [0, 0.05) is 26.6 Å². The second kappa shape index (κ2) is 13.8. The monoisotopic (exact) mass is 384 g/mol. The van der Waals surface area contributed by atoms with Gasteiger partial charge in [0.25, 0.3) is 0 Å². The number of hydrogen-bond acceptors (Lipinski definition) is 4. The Kier molecular flexibility index (Phi) is 12.1. The van der Waals surface area contributed by atoms with E-state index in [9.17, 15) is 4.79 Å². The van der Waals surface area contributed by atoms with Gasteiger partial charge in [0.05, 0.1) is 6.61 Å². The molecule has 1 fully saturated rings. The fourth-order valence-corrected chi connectivity index (χ4v) is 3.24. The van der Waals surface area contributed by atoms with Crippen molar-refractivity contribution in [2.75, 3.05) is 33.5 Å². The second-order valence-electron chi connectivity index (χ2n) is 7.37. The molecule has 0 saturated carbocycles. The van der Waals surface area contributed by atoms with Crippen molar-refractivity contribution in [2.45, 2.75) is 83.8 Å². The van der Waals surface area contributed by atoms with E-state index < -0.39 is 0 Å². The van der Waals surface area contributed by atoms with Crippen LogP contribution in [0.1, 0.15) is 78.1 Å². The van der Waals surface area contributed by atoms with Crippen LogP contribution in [0.2, 0.25) is 0 Å². The van der Waals surface area contributed by atoms with E-state index in [2.05, 4.69) is 24.5 Å². The Balaban J connectivity index is 2.26. The molecule has 158 valence electrons. The summed E-state index contributed by atoms with van der Waals surface area (Å²) >= 11 is 0. The normalized spacial score (nSPS) is 16.3. The summed E-state index contributed by atoms with van der Waals surface area (Å²) in [5.41, 5.74) is -0.361. The van der Waals surface area contributed by atoms with Crippen LogP contribution in [-0.2, 0) is 14.3 Å². The van der Waals surface area contributed by atoms with Gasteiger partial charge in [-0.2, -0.15) is 0 Å². The van der Waals surface area contributed by atoms with Gasteiger partial charge in [-0.25, -0.2) is 0 Å². The average molecular weight is 385 g/mol. The van der Waals surface area contributed by atoms with Crippen LogP contribution < -0.4 is 10.6 Å². The van der Waals surface area contributed by atoms with E-state index in [-0.39, 0.29) is 11.6 Å². The summed E-state index contributed by atoms with van der Waals surface area (Å²) in [5.74, 6) is 0.560. The first-order valence-electron chi connectivity index (χ1n) is 10.6. The zero-order valence-corrected chi connectivity index (χ0v) is 17.6. The van der Waals surface area contributed by atoms with Crippen molar-refractivity contribution < 1.29 is 14.3 Å². The summed E-state index contributed by atoms with van der Waals surface area (Å²) in [6.45, 7) is 6.76. The van der Waals surface area contributed by atoms with E-state index in [0.29, 0.717) is 32.3 Å². The molecule has 1 heterocycles. The highest BCUT2D eigenvalue weighted by atomic mass is 16.5. The van der Waals surface area contributed by atoms with E-state index in [4.69, 9.17) is 14.9 Å². The highest BCUT2D eigenvalue weighted by Crippen LogP contribution is 2.26. The molecule has 1 rings (SSSR count).